The molecule has 1 aliphatic rings. The van der Waals surface area contributed by atoms with Crippen LogP contribution in [-0.4, -0.2) is 12.1 Å². The number of hydrogen-bond acceptors (Lipinski definition) is 2. The van der Waals surface area contributed by atoms with Gasteiger partial charge >= 0.3 is 5.97 Å². The van der Waals surface area contributed by atoms with Gasteiger partial charge in [0.2, 0.25) is 0 Å². The van der Waals surface area contributed by atoms with Crippen LogP contribution in [0.1, 0.15) is 48.0 Å². The molecule has 0 bridgehead atoms. The molecule has 16 heavy (non-hydrogen) atoms. The van der Waals surface area contributed by atoms with E-state index in [-0.39, 0.29) is 17.5 Å². The van der Waals surface area contributed by atoms with Crippen LogP contribution in [0.3, 0.4) is 0 Å². The molecular formula is C14H24O2. The lowest BCUT2D eigenvalue weighted by Gasteiger charge is -2.36. The molecule has 2 heteroatoms. The molecule has 0 aliphatic heterocycles. The molecule has 2 nitrogen and oxygen atoms in total. The summed E-state index contributed by atoms with van der Waals surface area (Å²) in [7, 11) is 0. The van der Waals surface area contributed by atoms with Crippen LogP contribution in [0.4, 0.5) is 0 Å². The minimum absolute atomic E-state index is 0.000995. The second-order valence-electron chi connectivity index (χ2n) is 5.62. The third-order valence-corrected chi connectivity index (χ3v) is 4.35. The summed E-state index contributed by atoms with van der Waals surface area (Å²) in [6.07, 6.45) is 3.42. The molecule has 0 aromatic carbocycles. The Morgan fingerprint density at radius 3 is 2.44 bits per heavy atom. The Kier molecular flexibility index (Phi) is 3.82. The maximum Gasteiger partial charge on any atom is 0.302 e. The molecule has 0 saturated carbocycles. The molecule has 0 radical (unpaired) electrons. The minimum atomic E-state index is -0.181. The molecule has 1 aliphatic carbocycles. The van der Waals surface area contributed by atoms with Gasteiger partial charge in [0.1, 0.15) is 6.10 Å². The molecule has 3 atom stereocenters. The summed E-state index contributed by atoms with van der Waals surface area (Å²) in [5, 5.41) is 0. The van der Waals surface area contributed by atoms with Gasteiger partial charge < -0.3 is 4.74 Å². The molecule has 0 amide bonds. The van der Waals surface area contributed by atoms with Crippen molar-refractivity contribution in [3.63, 3.8) is 0 Å². The monoisotopic (exact) mass is 224 g/mol. The van der Waals surface area contributed by atoms with Gasteiger partial charge in [-0.05, 0) is 37.5 Å². The van der Waals surface area contributed by atoms with Crippen molar-refractivity contribution < 1.29 is 9.53 Å². The lowest BCUT2D eigenvalue weighted by Crippen LogP contribution is -2.34. The van der Waals surface area contributed by atoms with E-state index in [0.29, 0.717) is 11.8 Å². The summed E-state index contributed by atoms with van der Waals surface area (Å²) in [4.78, 5) is 11.0. The van der Waals surface area contributed by atoms with E-state index in [0.717, 1.165) is 6.42 Å². The zero-order valence-electron chi connectivity index (χ0n) is 11.3. The van der Waals surface area contributed by atoms with Crippen molar-refractivity contribution in [2.45, 2.75) is 54.1 Å². The van der Waals surface area contributed by atoms with Crippen molar-refractivity contribution in [3.05, 3.63) is 11.6 Å². The van der Waals surface area contributed by atoms with Gasteiger partial charge in [-0.25, -0.2) is 0 Å². The maximum atomic E-state index is 11.0. The summed E-state index contributed by atoms with van der Waals surface area (Å²) in [5.74, 6) is 0.786. The van der Waals surface area contributed by atoms with Crippen molar-refractivity contribution in [1.29, 1.82) is 0 Å². The zero-order valence-corrected chi connectivity index (χ0v) is 11.3. The van der Waals surface area contributed by atoms with Crippen LogP contribution >= 0.6 is 0 Å². The fourth-order valence-corrected chi connectivity index (χ4v) is 2.72. The fourth-order valence-electron chi connectivity index (χ4n) is 2.72. The van der Waals surface area contributed by atoms with Crippen molar-refractivity contribution in [3.8, 4) is 0 Å². The lowest BCUT2D eigenvalue weighted by atomic mass is 9.70. The Morgan fingerprint density at radius 2 is 2.06 bits per heavy atom. The molecular weight excluding hydrogens is 200 g/mol. The topological polar surface area (TPSA) is 26.3 Å². The Bertz CT molecular complexity index is 302. The highest BCUT2D eigenvalue weighted by Crippen LogP contribution is 2.47. The fraction of sp³-hybridized carbons (Fsp3) is 0.786. The largest absolute Gasteiger partial charge is 0.463 e. The smallest absolute Gasteiger partial charge is 0.302 e. The van der Waals surface area contributed by atoms with Gasteiger partial charge in [0.15, 0.2) is 0 Å². The Labute approximate surface area is 99.1 Å². The normalized spacial score (nSPS) is 27.1. The standard InChI is InChI=1S/C14H24O2/c1-9-7-8-13(14(9,5)6)10(2)11(3)16-12(4)15/h7,10-11,13H,8H2,1-6H3. The molecule has 3 unspecified atom stereocenters. The first-order valence-corrected chi connectivity index (χ1v) is 6.11. The molecule has 0 heterocycles. The molecule has 0 aromatic rings. The van der Waals surface area contributed by atoms with Crippen LogP contribution in [0.2, 0.25) is 0 Å². The van der Waals surface area contributed by atoms with Gasteiger partial charge in [-0.2, -0.15) is 0 Å². The Balaban J connectivity index is 2.69. The van der Waals surface area contributed by atoms with E-state index < -0.39 is 0 Å². The van der Waals surface area contributed by atoms with Gasteiger partial charge in [-0.15, -0.1) is 0 Å². The molecule has 1 rings (SSSR count). The van der Waals surface area contributed by atoms with Crippen LogP contribution in [0, 0.1) is 17.3 Å². The molecule has 0 N–H and O–H groups in total. The number of hydrogen-bond donors (Lipinski definition) is 0. The zero-order chi connectivity index (χ0) is 12.5. The SMILES string of the molecule is CC(=O)OC(C)C(C)C1CC=C(C)C1(C)C. The van der Waals surface area contributed by atoms with E-state index in [1.165, 1.54) is 12.5 Å². The Morgan fingerprint density at radius 1 is 1.50 bits per heavy atom. The first-order valence-electron chi connectivity index (χ1n) is 6.11. The quantitative estimate of drug-likeness (QED) is 0.541. The molecule has 0 spiro atoms. The number of allylic oxidation sites excluding steroid dienone is 2. The summed E-state index contributed by atoms with van der Waals surface area (Å²) in [6.45, 7) is 12.4. The van der Waals surface area contributed by atoms with Crippen LogP contribution in [0.15, 0.2) is 11.6 Å². The van der Waals surface area contributed by atoms with Gasteiger partial charge in [-0.3, -0.25) is 4.79 Å². The number of esters is 1. The van der Waals surface area contributed by atoms with Crippen LogP contribution in [0.5, 0.6) is 0 Å². The van der Waals surface area contributed by atoms with Crippen LogP contribution in [-0.2, 0) is 9.53 Å². The van der Waals surface area contributed by atoms with Crippen molar-refractivity contribution >= 4 is 5.97 Å². The first kappa shape index (κ1) is 13.3. The van der Waals surface area contributed by atoms with E-state index in [1.807, 2.05) is 6.92 Å². The van der Waals surface area contributed by atoms with Crippen LogP contribution < -0.4 is 0 Å². The van der Waals surface area contributed by atoms with Crippen molar-refractivity contribution in [2.24, 2.45) is 17.3 Å². The lowest BCUT2D eigenvalue weighted by molar-refractivity contribution is -0.149. The van der Waals surface area contributed by atoms with E-state index >= 15 is 0 Å². The van der Waals surface area contributed by atoms with E-state index in [1.54, 1.807) is 0 Å². The van der Waals surface area contributed by atoms with E-state index in [2.05, 4.69) is 33.8 Å². The second-order valence-corrected chi connectivity index (χ2v) is 5.62. The number of rotatable bonds is 3. The summed E-state index contributed by atoms with van der Waals surface area (Å²) in [6, 6.07) is 0. The minimum Gasteiger partial charge on any atom is -0.463 e. The van der Waals surface area contributed by atoms with Gasteiger partial charge in [-0.1, -0.05) is 32.4 Å². The number of carbonyl (C=O) groups is 1. The number of ether oxygens (including phenoxy) is 1. The second kappa shape index (κ2) is 4.60. The average molecular weight is 224 g/mol. The summed E-state index contributed by atoms with van der Waals surface area (Å²) < 4.78 is 5.29. The van der Waals surface area contributed by atoms with Gasteiger partial charge in [0.25, 0.3) is 0 Å². The summed E-state index contributed by atoms with van der Waals surface area (Å²) >= 11 is 0. The summed E-state index contributed by atoms with van der Waals surface area (Å²) in [5.41, 5.74) is 1.69. The maximum absolute atomic E-state index is 11.0. The first-order chi connectivity index (χ1) is 7.26. The predicted octanol–water partition coefficient (Wildman–Crippen LogP) is 3.57. The third kappa shape index (κ3) is 2.47. The van der Waals surface area contributed by atoms with E-state index in [4.69, 9.17) is 4.74 Å². The average Bonchev–Trinajstić information content (AvgIpc) is 2.40. The molecule has 0 saturated heterocycles. The highest BCUT2D eigenvalue weighted by Gasteiger charge is 2.40. The van der Waals surface area contributed by atoms with Crippen molar-refractivity contribution in [2.75, 3.05) is 0 Å². The van der Waals surface area contributed by atoms with Gasteiger partial charge in [0, 0.05) is 6.92 Å². The molecule has 92 valence electrons. The third-order valence-electron chi connectivity index (χ3n) is 4.35. The van der Waals surface area contributed by atoms with Crippen molar-refractivity contribution in [1.82, 2.24) is 0 Å². The molecule has 0 aromatic heterocycles. The number of carbonyl (C=O) groups excluding carboxylic acids is 1. The van der Waals surface area contributed by atoms with Gasteiger partial charge in [0.05, 0.1) is 0 Å². The van der Waals surface area contributed by atoms with E-state index in [9.17, 15) is 4.79 Å². The van der Waals surface area contributed by atoms with Crippen LogP contribution in [0.25, 0.3) is 0 Å². The Hall–Kier alpha value is -0.790. The highest BCUT2D eigenvalue weighted by molar-refractivity contribution is 5.66. The molecule has 0 fully saturated rings. The highest BCUT2D eigenvalue weighted by atomic mass is 16.5. The predicted molar refractivity (Wildman–Crippen MR) is 66.0 cm³/mol.